The van der Waals surface area contributed by atoms with Crippen molar-refractivity contribution in [3.8, 4) is 5.75 Å². The number of nitrogens with zero attached hydrogens (tertiary/aromatic N) is 4. The summed E-state index contributed by atoms with van der Waals surface area (Å²) in [5, 5.41) is 5.15. The minimum absolute atomic E-state index is 0.196. The van der Waals surface area contributed by atoms with Crippen molar-refractivity contribution in [3.05, 3.63) is 41.7 Å². The molecule has 1 atom stereocenters. The molecule has 27 heavy (non-hydrogen) atoms. The van der Waals surface area contributed by atoms with Gasteiger partial charge in [-0.05, 0) is 43.1 Å². The molecule has 0 amide bonds. The highest BCUT2D eigenvalue weighted by Gasteiger charge is 2.22. The maximum absolute atomic E-state index is 6.03. The Balaban J connectivity index is 1.42. The number of piperidine rings is 1. The van der Waals surface area contributed by atoms with Crippen molar-refractivity contribution >= 4 is 10.9 Å². The molecule has 0 radical (unpaired) electrons. The smallest absolute Gasteiger partial charge is 0.223 e. The Labute approximate surface area is 158 Å². The molecule has 1 aliphatic rings. The van der Waals surface area contributed by atoms with Gasteiger partial charge < -0.3 is 18.6 Å². The molecule has 7 heteroatoms. The molecule has 3 aromatic rings. The fourth-order valence-electron chi connectivity index (χ4n) is 3.83. The third-order valence-corrected chi connectivity index (χ3v) is 5.15. The van der Waals surface area contributed by atoms with Gasteiger partial charge in [0.2, 0.25) is 5.89 Å². The zero-order chi connectivity index (χ0) is 18.8. The first-order valence-electron chi connectivity index (χ1n) is 9.37. The summed E-state index contributed by atoms with van der Waals surface area (Å²) < 4.78 is 18.6. The lowest BCUT2D eigenvalue weighted by Gasteiger charge is -2.32. The largest absolute Gasteiger partial charge is 0.497 e. The number of likely N-dealkylation sites (tertiary alicyclic amines) is 1. The monoisotopic (exact) mass is 370 g/mol. The van der Waals surface area contributed by atoms with Gasteiger partial charge in [-0.1, -0.05) is 5.16 Å². The third-order valence-electron chi connectivity index (χ3n) is 5.15. The summed E-state index contributed by atoms with van der Waals surface area (Å²) in [5.74, 6) is 2.08. The fraction of sp³-hybridized carbons (Fsp3) is 0.500. The first-order chi connectivity index (χ1) is 13.1. The van der Waals surface area contributed by atoms with E-state index in [1.165, 1.54) is 16.5 Å². The van der Waals surface area contributed by atoms with Crippen LogP contribution in [0.5, 0.6) is 5.75 Å². The van der Waals surface area contributed by atoms with Crippen LogP contribution in [0.15, 0.2) is 28.9 Å². The topological polar surface area (TPSA) is 65.6 Å². The van der Waals surface area contributed by atoms with E-state index in [-0.39, 0.29) is 6.10 Å². The second-order valence-electron chi connectivity index (χ2n) is 7.19. The van der Waals surface area contributed by atoms with E-state index < -0.39 is 0 Å². The van der Waals surface area contributed by atoms with E-state index >= 15 is 0 Å². The first-order valence-corrected chi connectivity index (χ1v) is 9.37. The number of ether oxygens (including phenoxy) is 2. The van der Waals surface area contributed by atoms with Gasteiger partial charge in [0.05, 0.1) is 13.2 Å². The van der Waals surface area contributed by atoms with Crippen molar-refractivity contribution < 1.29 is 14.0 Å². The van der Waals surface area contributed by atoms with E-state index in [4.69, 9.17) is 14.0 Å². The van der Waals surface area contributed by atoms with Crippen LogP contribution in [0.4, 0.5) is 0 Å². The standard InChI is InChI=1S/C20H26N4O3/c1-14-21-20(22-27-14)13-26-17-5-4-8-24(12-17)11-15-10-23(2)19-7-6-16(25-3)9-18(15)19/h6-7,9-10,17H,4-5,8,11-13H2,1-3H3. The minimum atomic E-state index is 0.196. The molecule has 144 valence electrons. The Morgan fingerprint density at radius 3 is 3.00 bits per heavy atom. The van der Waals surface area contributed by atoms with Crippen molar-refractivity contribution in [3.63, 3.8) is 0 Å². The summed E-state index contributed by atoms with van der Waals surface area (Å²) in [7, 11) is 3.80. The van der Waals surface area contributed by atoms with Gasteiger partial charge in [0, 0.05) is 44.2 Å². The number of aryl methyl sites for hydroxylation is 2. The number of methoxy groups -OCH3 is 1. The van der Waals surface area contributed by atoms with Crippen LogP contribution in [0.1, 0.15) is 30.1 Å². The molecule has 1 aromatic carbocycles. The molecular weight excluding hydrogens is 344 g/mol. The van der Waals surface area contributed by atoms with Crippen molar-refractivity contribution in [2.45, 2.75) is 39.0 Å². The van der Waals surface area contributed by atoms with Gasteiger partial charge in [-0.15, -0.1) is 0 Å². The average molecular weight is 370 g/mol. The van der Waals surface area contributed by atoms with Gasteiger partial charge in [-0.2, -0.15) is 4.98 Å². The number of benzene rings is 1. The van der Waals surface area contributed by atoms with Crippen LogP contribution in [0.25, 0.3) is 10.9 Å². The SMILES string of the molecule is COc1ccc2c(c1)c(CN1CCCC(OCc3noc(C)n3)C1)cn2C. The number of hydrogen-bond donors (Lipinski definition) is 0. The molecule has 0 aliphatic carbocycles. The normalized spacial score (nSPS) is 18.3. The van der Waals surface area contributed by atoms with Crippen LogP contribution < -0.4 is 4.74 Å². The van der Waals surface area contributed by atoms with Crippen LogP contribution in [0, 0.1) is 6.92 Å². The molecular formula is C20H26N4O3. The molecule has 3 heterocycles. The summed E-state index contributed by atoms with van der Waals surface area (Å²) in [6.45, 7) is 5.10. The molecule has 7 nitrogen and oxygen atoms in total. The predicted molar refractivity (Wildman–Crippen MR) is 102 cm³/mol. The number of hydrogen-bond acceptors (Lipinski definition) is 6. The molecule has 0 bridgehead atoms. The zero-order valence-corrected chi connectivity index (χ0v) is 16.1. The predicted octanol–water partition coefficient (Wildman–Crippen LogP) is 3.06. The van der Waals surface area contributed by atoms with Gasteiger partial charge in [-0.3, -0.25) is 4.90 Å². The summed E-state index contributed by atoms with van der Waals surface area (Å²) in [4.78, 5) is 6.67. The first kappa shape index (κ1) is 18.0. The van der Waals surface area contributed by atoms with Gasteiger partial charge >= 0.3 is 0 Å². The van der Waals surface area contributed by atoms with Crippen LogP contribution in [0.2, 0.25) is 0 Å². The van der Waals surface area contributed by atoms with E-state index in [2.05, 4.69) is 45.0 Å². The van der Waals surface area contributed by atoms with E-state index in [0.717, 1.165) is 38.2 Å². The lowest BCUT2D eigenvalue weighted by atomic mass is 10.1. The van der Waals surface area contributed by atoms with E-state index in [1.54, 1.807) is 14.0 Å². The third kappa shape index (κ3) is 3.99. The molecule has 0 spiro atoms. The van der Waals surface area contributed by atoms with Crippen molar-refractivity contribution in [1.29, 1.82) is 0 Å². The Bertz CT molecular complexity index is 917. The zero-order valence-electron chi connectivity index (χ0n) is 16.1. The van der Waals surface area contributed by atoms with E-state index in [9.17, 15) is 0 Å². The molecule has 1 fully saturated rings. The molecule has 1 saturated heterocycles. The van der Waals surface area contributed by atoms with Crippen molar-refractivity contribution in [2.75, 3.05) is 20.2 Å². The quantitative estimate of drug-likeness (QED) is 0.664. The van der Waals surface area contributed by atoms with Crippen LogP contribution in [-0.4, -0.2) is 45.9 Å². The maximum atomic E-state index is 6.03. The minimum Gasteiger partial charge on any atom is -0.497 e. The Kier molecular flexibility index (Phi) is 5.13. The van der Waals surface area contributed by atoms with Gasteiger partial charge in [0.1, 0.15) is 12.4 Å². The average Bonchev–Trinajstić information content (AvgIpc) is 3.23. The Morgan fingerprint density at radius 1 is 1.33 bits per heavy atom. The molecule has 0 N–H and O–H groups in total. The summed E-state index contributed by atoms with van der Waals surface area (Å²) in [6, 6.07) is 6.25. The lowest BCUT2D eigenvalue weighted by Crippen LogP contribution is -2.39. The number of rotatable bonds is 6. The molecule has 1 unspecified atom stereocenters. The van der Waals surface area contributed by atoms with Gasteiger partial charge in [-0.25, -0.2) is 0 Å². The molecule has 2 aromatic heterocycles. The lowest BCUT2D eigenvalue weighted by molar-refractivity contribution is -0.0150. The Hall–Kier alpha value is -2.38. The van der Waals surface area contributed by atoms with E-state index in [1.807, 2.05) is 6.07 Å². The van der Waals surface area contributed by atoms with Crippen molar-refractivity contribution in [2.24, 2.45) is 7.05 Å². The summed E-state index contributed by atoms with van der Waals surface area (Å²) in [6.07, 6.45) is 4.61. The van der Waals surface area contributed by atoms with Crippen LogP contribution in [0.3, 0.4) is 0 Å². The summed E-state index contributed by atoms with van der Waals surface area (Å²) in [5.41, 5.74) is 2.55. The van der Waals surface area contributed by atoms with Gasteiger partial charge in [0.15, 0.2) is 5.82 Å². The number of aromatic nitrogens is 3. The summed E-state index contributed by atoms with van der Waals surface area (Å²) >= 11 is 0. The highest BCUT2D eigenvalue weighted by molar-refractivity contribution is 5.85. The second-order valence-corrected chi connectivity index (χ2v) is 7.19. The van der Waals surface area contributed by atoms with Gasteiger partial charge in [0.25, 0.3) is 0 Å². The number of fused-ring (bicyclic) bond motifs is 1. The van der Waals surface area contributed by atoms with Crippen LogP contribution >= 0.6 is 0 Å². The Morgan fingerprint density at radius 2 is 2.22 bits per heavy atom. The van der Waals surface area contributed by atoms with Crippen molar-refractivity contribution in [1.82, 2.24) is 19.6 Å². The highest BCUT2D eigenvalue weighted by Crippen LogP contribution is 2.27. The highest BCUT2D eigenvalue weighted by atomic mass is 16.5. The maximum Gasteiger partial charge on any atom is 0.223 e. The van der Waals surface area contributed by atoms with Crippen LogP contribution in [-0.2, 0) is 24.9 Å². The fourth-order valence-corrected chi connectivity index (χ4v) is 3.83. The second kappa shape index (κ2) is 7.70. The molecule has 4 rings (SSSR count). The van der Waals surface area contributed by atoms with E-state index in [0.29, 0.717) is 18.3 Å². The molecule has 1 aliphatic heterocycles. The molecule has 0 saturated carbocycles.